The van der Waals surface area contributed by atoms with E-state index in [1.54, 1.807) is 21.6 Å². The molecule has 27 heavy (non-hydrogen) atoms. The lowest BCUT2D eigenvalue weighted by atomic mass is 10.1. The van der Waals surface area contributed by atoms with E-state index in [-0.39, 0.29) is 11.9 Å². The van der Waals surface area contributed by atoms with Crippen molar-refractivity contribution < 1.29 is 4.79 Å². The van der Waals surface area contributed by atoms with Gasteiger partial charge in [-0.1, -0.05) is 12.1 Å². The topological polar surface area (TPSA) is 77.1 Å². The molecule has 0 bridgehead atoms. The van der Waals surface area contributed by atoms with E-state index in [0.717, 1.165) is 27.9 Å². The molecule has 3 heterocycles. The summed E-state index contributed by atoms with van der Waals surface area (Å²) in [6.45, 7) is 3.88. The summed E-state index contributed by atoms with van der Waals surface area (Å²) in [6, 6.07) is 7.59. The second kappa shape index (κ2) is 6.68. The van der Waals surface area contributed by atoms with Gasteiger partial charge >= 0.3 is 0 Å². The van der Waals surface area contributed by atoms with E-state index in [0.29, 0.717) is 5.56 Å². The second-order valence-corrected chi connectivity index (χ2v) is 6.78. The van der Waals surface area contributed by atoms with Gasteiger partial charge in [0.15, 0.2) is 5.65 Å². The van der Waals surface area contributed by atoms with Gasteiger partial charge in [-0.25, -0.2) is 9.50 Å². The fourth-order valence-electron chi connectivity index (χ4n) is 2.94. The molecular weight excluding hydrogens is 340 g/mol. The molecule has 136 valence electrons. The maximum absolute atomic E-state index is 12.1. The van der Waals surface area contributed by atoms with Gasteiger partial charge in [0.05, 0.1) is 12.4 Å². The maximum atomic E-state index is 12.1. The van der Waals surface area contributed by atoms with Crippen LogP contribution in [-0.4, -0.2) is 36.3 Å². The molecule has 4 aromatic rings. The predicted octanol–water partition coefficient (Wildman–Crippen LogP) is 2.94. The SMILES string of the molecule is CC(C)NC(=O)c1ccc(-c2cnn3cc(-c4cnn(C)c4)cnc23)cc1. The smallest absolute Gasteiger partial charge is 0.251 e. The van der Waals surface area contributed by atoms with Gasteiger partial charge in [-0.05, 0) is 31.5 Å². The predicted molar refractivity (Wildman–Crippen MR) is 103 cm³/mol. The van der Waals surface area contributed by atoms with Gasteiger partial charge in [-0.3, -0.25) is 9.48 Å². The minimum absolute atomic E-state index is 0.0735. The lowest BCUT2D eigenvalue weighted by Gasteiger charge is -2.08. The minimum Gasteiger partial charge on any atom is -0.350 e. The number of nitrogens with one attached hydrogen (secondary N) is 1. The molecule has 0 aliphatic rings. The standard InChI is InChI=1S/C20H20N6O/c1-13(2)24-20(27)15-6-4-14(5-7-15)18-10-23-26-12-16(8-21-19(18)26)17-9-22-25(3)11-17/h4-13H,1-3H3,(H,24,27). The number of fused-ring (bicyclic) bond motifs is 1. The van der Waals surface area contributed by atoms with Crippen LogP contribution in [-0.2, 0) is 7.05 Å². The van der Waals surface area contributed by atoms with Crippen LogP contribution in [0.4, 0.5) is 0 Å². The van der Waals surface area contributed by atoms with Gasteiger partial charge in [-0.15, -0.1) is 0 Å². The summed E-state index contributed by atoms with van der Waals surface area (Å²) in [5.41, 5.74) is 5.23. The average Bonchev–Trinajstić information content (AvgIpc) is 3.27. The van der Waals surface area contributed by atoms with Crippen molar-refractivity contribution in [3.05, 3.63) is 60.8 Å². The van der Waals surface area contributed by atoms with Gasteiger partial charge in [0.25, 0.3) is 5.91 Å². The average molecular weight is 360 g/mol. The lowest BCUT2D eigenvalue weighted by molar-refractivity contribution is 0.0943. The third-order valence-electron chi connectivity index (χ3n) is 4.27. The molecule has 4 rings (SSSR count). The molecule has 1 aromatic carbocycles. The van der Waals surface area contributed by atoms with E-state index in [2.05, 4.69) is 20.5 Å². The molecule has 0 unspecified atom stereocenters. The summed E-state index contributed by atoms with van der Waals surface area (Å²) in [7, 11) is 1.88. The van der Waals surface area contributed by atoms with Crippen LogP contribution in [0.25, 0.3) is 27.9 Å². The Kier molecular flexibility index (Phi) is 4.19. The van der Waals surface area contributed by atoms with Crippen molar-refractivity contribution >= 4 is 11.6 Å². The Morgan fingerprint density at radius 1 is 0.963 bits per heavy atom. The Balaban J connectivity index is 1.65. The van der Waals surface area contributed by atoms with Crippen LogP contribution in [0.5, 0.6) is 0 Å². The number of amides is 1. The highest BCUT2D eigenvalue weighted by molar-refractivity contribution is 5.95. The van der Waals surface area contributed by atoms with Crippen molar-refractivity contribution in [2.45, 2.75) is 19.9 Å². The Labute approximate surface area is 156 Å². The van der Waals surface area contributed by atoms with Crippen molar-refractivity contribution in [1.82, 2.24) is 29.7 Å². The van der Waals surface area contributed by atoms with Crippen LogP contribution in [0.1, 0.15) is 24.2 Å². The van der Waals surface area contributed by atoms with E-state index in [4.69, 9.17) is 0 Å². The van der Waals surface area contributed by atoms with E-state index in [1.807, 2.05) is 63.8 Å². The minimum atomic E-state index is -0.0735. The number of aromatic nitrogens is 5. The zero-order valence-electron chi connectivity index (χ0n) is 15.4. The number of nitrogens with zero attached hydrogens (tertiary/aromatic N) is 5. The fourth-order valence-corrected chi connectivity index (χ4v) is 2.94. The monoisotopic (exact) mass is 360 g/mol. The van der Waals surface area contributed by atoms with Crippen LogP contribution in [0.15, 0.2) is 55.2 Å². The van der Waals surface area contributed by atoms with Gasteiger partial charge in [0.1, 0.15) is 0 Å². The molecule has 0 radical (unpaired) electrons. The molecule has 0 saturated heterocycles. The number of carbonyl (C=O) groups excluding carboxylic acids is 1. The van der Waals surface area contributed by atoms with E-state index >= 15 is 0 Å². The Hall–Kier alpha value is -3.48. The quantitative estimate of drug-likeness (QED) is 0.607. The third kappa shape index (κ3) is 3.31. The summed E-state index contributed by atoms with van der Waals surface area (Å²) in [5.74, 6) is -0.0735. The molecule has 7 nitrogen and oxygen atoms in total. The Bertz CT molecular complexity index is 1110. The number of hydrogen-bond donors (Lipinski definition) is 1. The fraction of sp³-hybridized carbons (Fsp3) is 0.200. The van der Waals surface area contributed by atoms with E-state index in [9.17, 15) is 4.79 Å². The van der Waals surface area contributed by atoms with E-state index < -0.39 is 0 Å². The zero-order chi connectivity index (χ0) is 19.0. The first-order valence-electron chi connectivity index (χ1n) is 8.75. The zero-order valence-corrected chi connectivity index (χ0v) is 15.4. The van der Waals surface area contributed by atoms with Gasteiger partial charge < -0.3 is 5.32 Å². The van der Waals surface area contributed by atoms with Crippen LogP contribution >= 0.6 is 0 Å². The molecule has 1 amide bonds. The van der Waals surface area contributed by atoms with Crippen LogP contribution in [0.2, 0.25) is 0 Å². The normalized spacial score (nSPS) is 11.3. The van der Waals surface area contributed by atoms with Crippen LogP contribution < -0.4 is 5.32 Å². The summed E-state index contributed by atoms with van der Waals surface area (Å²) in [5, 5.41) is 11.5. The van der Waals surface area contributed by atoms with Crippen LogP contribution in [0, 0.1) is 0 Å². The van der Waals surface area contributed by atoms with Gasteiger partial charge in [0, 0.05) is 53.9 Å². The van der Waals surface area contributed by atoms with Gasteiger partial charge in [-0.2, -0.15) is 10.2 Å². The Morgan fingerprint density at radius 3 is 2.37 bits per heavy atom. The Morgan fingerprint density at radius 2 is 1.70 bits per heavy atom. The number of rotatable bonds is 4. The number of aryl methyl sites for hydroxylation is 1. The van der Waals surface area contributed by atoms with Crippen LogP contribution in [0.3, 0.4) is 0 Å². The van der Waals surface area contributed by atoms with Gasteiger partial charge in [0.2, 0.25) is 0 Å². The number of hydrogen-bond acceptors (Lipinski definition) is 4. The highest BCUT2D eigenvalue weighted by Crippen LogP contribution is 2.25. The molecule has 7 heteroatoms. The molecular formula is C20H20N6O. The molecule has 0 spiro atoms. The molecule has 3 aromatic heterocycles. The molecule has 0 saturated carbocycles. The molecule has 1 N–H and O–H groups in total. The molecule has 0 aliphatic heterocycles. The number of benzene rings is 1. The molecule has 0 fully saturated rings. The highest BCUT2D eigenvalue weighted by Gasteiger charge is 2.12. The highest BCUT2D eigenvalue weighted by atomic mass is 16.1. The summed E-state index contributed by atoms with van der Waals surface area (Å²) < 4.78 is 3.52. The van der Waals surface area contributed by atoms with Crippen molar-refractivity contribution in [2.75, 3.05) is 0 Å². The molecule has 0 aliphatic carbocycles. The molecule has 0 atom stereocenters. The van der Waals surface area contributed by atoms with Crippen molar-refractivity contribution in [3.63, 3.8) is 0 Å². The largest absolute Gasteiger partial charge is 0.350 e. The van der Waals surface area contributed by atoms with E-state index in [1.165, 1.54) is 0 Å². The first-order chi connectivity index (χ1) is 13.0. The van der Waals surface area contributed by atoms with Crippen molar-refractivity contribution in [3.8, 4) is 22.3 Å². The maximum Gasteiger partial charge on any atom is 0.251 e. The first kappa shape index (κ1) is 17.0. The number of carbonyl (C=O) groups is 1. The van der Waals surface area contributed by atoms with Crippen molar-refractivity contribution in [1.29, 1.82) is 0 Å². The summed E-state index contributed by atoms with van der Waals surface area (Å²) in [6.07, 6.45) is 9.29. The second-order valence-electron chi connectivity index (χ2n) is 6.78. The summed E-state index contributed by atoms with van der Waals surface area (Å²) >= 11 is 0. The summed E-state index contributed by atoms with van der Waals surface area (Å²) in [4.78, 5) is 16.7. The van der Waals surface area contributed by atoms with Crippen molar-refractivity contribution in [2.24, 2.45) is 7.05 Å². The third-order valence-corrected chi connectivity index (χ3v) is 4.27. The first-order valence-corrected chi connectivity index (χ1v) is 8.75. The lowest BCUT2D eigenvalue weighted by Crippen LogP contribution is -2.29.